The summed E-state index contributed by atoms with van der Waals surface area (Å²) in [5.74, 6) is -2.73. The van der Waals surface area contributed by atoms with E-state index in [1.54, 1.807) is 12.1 Å². The lowest BCUT2D eigenvalue weighted by atomic mass is 10.2. The molecule has 6 nitrogen and oxygen atoms in total. The Kier molecular flexibility index (Phi) is 5.92. The first-order valence-electron chi connectivity index (χ1n) is 5.64. The van der Waals surface area contributed by atoms with Crippen LogP contribution >= 0.6 is 15.9 Å². The SMILES string of the molecule is NC(=O)CC(NC(=O)/C=C/c1ccccc1Br)C(=O)O. The van der Waals surface area contributed by atoms with Crippen molar-refractivity contribution in [1.29, 1.82) is 0 Å². The van der Waals surface area contributed by atoms with Crippen LogP contribution in [-0.4, -0.2) is 28.9 Å². The number of benzene rings is 1. The normalized spacial score (nSPS) is 12.1. The summed E-state index contributed by atoms with van der Waals surface area (Å²) in [5, 5.41) is 11.0. The van der Waals surface area contributed by atoms with Crippen LogP contribution in [0.1, 0.15) is 12.0 Å². The molecule has 2 amide bonds. The molecule has 4 N–H and O–H groups in total. The molecule has 20 heavy (non-hydrogen) atoms. The van der Waals surface area contributed by atoms with Crippen molar-refractivity contribution >= 4 is 39.8 Å². The van der Waals surface area contributed by atoms with E-state index in [-0.39, 0.29) is 0 Å². The molecule has 0 aliphatic carbocycles. The van der Waals surface area contributed by atoms with Crippen LogP contribution in [0.2, 0.25) is 0 Å². The number of nitrogens with one attached hydrogen (secondary N) is 1. The second kappa shape index (κ2) is 7.44. The van der Waals surface area contributed by atoms with Gasteiger partial charge in [-0.25, -0.2) is 4.79 Å². The van der Waals surface area contributed by atoms with Crippen LogP contribution in [0.3, 0.4) is 0 Å². The molecule has 0 aliphatic rings. The molecule has 1 aromatic rings. The molecule has 0 spiro atoms. The molecule has 1 aromatic carbocycles. The first-order valence-corrected chi connectivity index (χ1v) is 6.43. The van der Waals surface area contributed by atoms with Crippen LogP contribution in [-0.2, 0) is 14.4 Å². The minimum Gasteiger partial charge on any atom is -0.480 e. The molecular weight excluding hydrogens is 328 g/mol. The summed E-state index contributed by atoms with van der Waals surface area (Å²) >= 11 is 3.31. The quantitative estimate of drug-likeness (QED) is 0.668. The van der Waals surface area contributed by atoms with Gasteiger partial charge in [-0.2, -0.15) is 0 Å². The molecule has 1 rings (SSSR count). The number of aliphatic carboxylic acids is 1. The van der Waals surface area contributed by atoms with Crippen LogP contribution < -0.4 is 11.1 Å². The predicted octanol–water partition coefficient (Wildman–Crippen LogP) is 0.907. The fraction of sp³-hybridized carbons (Fsp3) is 0.154. The molecule has 0 fully saturated rings. The highest BCUT2D eigenvalue weighted by atomic mass is 79.9. The number of carboxylic acids is 1. The molecule has 0 aromatic heterocycles. The zero-order chi connectivity index (χ0) is 15.1. The summed E-state index contributed by atoms with van der Waals surface area (Å²) < 4.78 is 0.802. The summed E-state index contributed by atoms with van der Waals surface area (Å²) in [6.07, 6.45) is 2.27. The van der Waals surface area contributed by atoms with Crippen molar-refractivity contribution in [1.82, 2.24) is 5.32 Å². The largest absolute Gasteiger partial charge is 0.480 e. The molecule has 1 unspecified atom stereocenters. The third-order valence-electron chi connectivity index (χ3n) is 2.34. The molecule has 106 valence electrons. The van der Waals surface area contributed by atoms with Crippen LogP contribution in [0.4, 0.5) is 0 Å². The topological polar surface area (TPSA) is 109 Å². The van der Waals surface area contributed by atoms with Gasteiger partial charge < -0.3 is 16.2 Å². The van der Waals surface area contributed by atoms with Crippen molar-refractivity contribution in [2.45, 2.75) is 12.5 Å². The number of halogens is 1. The van der Waals surface area contributed by atoms with Crippen LogP contribution in [0.5, 0.6) is 0 Å². The zero-order valence-corrected chi connectivity index (χ0v) is 12.0. The molecule has 1 atom stereocenters. The van der Waals surface area contributed by atoms with Gasteiger partial charge >= 0.3 is 5.97 Å². The Hall–Kier alpha value is -2.15. The molecule has 0 bridgehead atoms. The van der Waals surface area contributed by atoms with Gasteiger partial charge in [0.25, 0.3) is 0 Å². The Balaban J connectivity index is 2.69. The first kappa shape index (κ1) is 15.9. The Morgan fingerprint density at radius 2 is 2.00 bits per heavy atom. The maximum absolute atomic E-state index is 11.6. The Bertz CT molecular complexity index is 557. The number of hydrogen-bond acceptors (Lipinski definition) is 3. The minimum atomic E-state index is -1.33. The zero-order valence-electron chi connectivity index (χ0n) is 10.4. The van der Waals surface area contributed by atoms with Gasteiger partial charge in [0, 0.05) is 10.5 Å². The van der Waals surface area contributed by atoms with Crippen molar-refractivity contribution in [2.75, 3.05) is 0 Å². The molecule has 0 radical (unpaired) electrons. The summed E-state index contributed by atoms with van der Waals surface area (Å²) in [4.78, 5) is 33.1. The third kappa shape index (κ3) is 5.23. The summed E-state index contributed by atoms with van der Waals surface area (Å²) in [7, 11) is 0. The second-order valence-corrected chi connectivity index (χ2v) is 4.78. The number of carboxylic acid groups (broad SMARTS) is 1. The summed E-state index contributed by atoms with van der Waals surface area (Å²) in [6, 6.07) is 5.89. The maximum atomic E-state index is 11.6. The van der Waals surface area contributed by atoms with E-state index < -0.39 is 30.2 Å². The van der Waals surface area contributed by atoms with Gasteiger partial charge in [0.05, 0.1) is 6.42 Å². The lowest BCUT2D eigenvalue weighted by molar-refractivity contribution is -0.142. The maximum Gasteiger partial charge on any atom is 0.326 e. The highest BCUT2D eigenvalue weighted by molar-refractivity contribution is 9.10. The van der Waals surface area contributed by atoms with Gasteiger partial charge in [0.2, 0.25) is 11.8 Å². The van der Waals surface area contributed by atoms with Crippen LogP contribution in [0.15, 0.2) is 34.8 Å². The monoisotopic (exact) mass is 340 g/mol. The van der Waals surface area contributed by atoms with E-state index in [0.717, 1.165) is 10.0 Å². The highest BCUT2D eigenvalue weighted by Crippen LogP contribution is 2.16. The van der Waals surface area contributed by atoms with Crippen LogP contribution in [0.25, 0.3) is 6.08 Å². The van der Waals surface area contributed by atoms with E-state index >= 15 is 0 Å². The molecule has 0 heterocycles. The second-order valence-electron chi connectivity index (χ2n) is 3.92. The van der Waals surface area contributed by atoms with E-state index in [9.17, 15) is 14.4 Å². The number of nitrogens with two attached hydrogens (primary N) is 1. The van der Waals surface area contributed by atoms with Gasteiger partial charge in [0.1, 0.15) is 6.04 Å². The molecule has 0 saturated heterocycles. The average molecular weight is 341 g/mol. The Labute approximate surface area is 123 Å². The van der Waals surface area contributed by atoms with Gasteiger partial charge in [0.15, 0.2) is 0 Å². The summed E-state index contributed by atoms with van der Waals surface area (Å²) in [6.45, 7) is 0. The molecule has 0 saturated carbocycles. The van der Waals surface area contributed by atoms with E-state index in [1.165, 1.54) is 12.2 Å². The minimum absolute atomic E-state index is 0.454. The van der Waals surface area contributed by atoms with Crippen LogP contribution in [0, 0.1) is 0 Å². The smallest absolute Gasteiger partial charge is 0.326 e. The summed E-state index contributed by atoms with van der Waals surface area (Å²) in [5.41, 5.74) is 5.68. The van der Waals surface area contributed by atoms with E-state index in [0.29, 0.717) is 0 Å². The van der Waals surface area contributed by atoms with Crippen molar-refractivity contribution in [3.63, 3.8) is 0 Å². The average Bonchev–Trinajstić information content (AvgIpc) is 2.36. The van der Waals surface area contributed by atoms with E-state index in [4.69, 9.17) is 10.8 Å². The lowest BCUT2D eigenvalue weighted by Crippen LogP contribution is -2.42. The third-order valence-corrected chi connectivity index (χ3v) is 3.06. The first-order chi connectivity index (χ1) is 9.40. The number of amides is 2. The number of carbonyl (C=O) groups is 3. The number of hydrogen-bond donors (Lipinski definition) is 3. The number of carbonyl (C=O) groups excluding carboxylic acids is 2. The van der Waals surface area contributed by atoms with Gasteiger partial charge in [-0.15, -0.1) is 0 Å². The predicted molar refractivity (Wildman–Crippen MR) is 76.6 cm³/mol. The Morgan fingerprint density at radius 3 is 2.55 bits per heavy atom. The van der Waals surface area contributed by atoms with Gasteiger partial charge in [-0.05, 0) is 17.7 Å². The Morgan fingerprint density at radius 1 is 1.35 bits per heavy atom. The highest BCUT2D eigenvalue weighted by Gasteiger charge is 2.20. The fourth-order valence-corrected chi connectivity index (χ4v) is 1.81. The fourth-order valence-electron chi connectivity index (χ4n) is 1.40. The van der Waals surface area contributed by atoms with Crippen molar-refractivity contribution < 1.29 is 19.5 Å². The van der Waals surface area contributed by atoms with Gasteiger partial charge in [-0.1, -0.05) is 34.1 Å². The van der Waals surface area contributed by atoms with E-state index in [2.05, 4.69) is 21.2 Å². The lowest BCUT2D eigenvalue weighted by Gasteiger charge is -2.10. The molecule has 7 heteroatoms. The standard InChI is InChI=1S/C13H13BrN2O4/c14-9-4-2-1-3-8(9)5-6-12(18)16-10(13(19)20)7-11(15)17/h1-6,10H,7H2,(H2,15,17)(H,16,18)(H,19,20)/b6-5+. The number of rotatable bonds is 6. The van der Waals surface area contributed by atoms with Gasteiger partial charge in [-0.3, -0.25) is 9.59 Å². The number of primary amides is 1. The van der Waals surface area contributed by atoms with Crippen molar-refractivity contribution in [3.05, 3.63) is 40.4 Å². The van der Waals surface area contributed by atoms with Crippen molar-refractivity contribution in [3.8, 4) is 0 Å². The molecule has 0 aliphatic heterocycles. The molecular formula is C13H13BrN2O4. The van der Waals surface area contributed by atoms with Crippen molar-refractivity contribution in [2.24, 2.45) is 5.73 Å². The van der Waals surface area contributed by atoms with E-state index in [1.807, 2.05) is 12.1 Å².